The van der Waals surface area contributed by atoms with Crippen LogP contribution in [0.25, 0.3) is 0 Å². The molecule has 4 nitrogen and oxygen atoms in total. The van der Waals surface area contributed by atoms with E-state index in [0.29, 0.717) is 12.1 Å². The van der Waals surface area contributed by atoms with Gasteiger partial charge in [0.25, 0.3) is 0 Å². The fourth-order valence-corrected chi connectivity index (χ4v) is 2.61. The van der Waals surface area contributed by atoms with E-state index in [-0.39, 0.29) is 0 Å². The van der Waals surface area contributed by atoms with Crippen LogP contribution in [-0.2, 0) is 17.3 Å². The number of hydrogen-bond donors (Lipinski definition) is 2. The topological polar surface area (TPSA) is 72.2 Å². The normalized spacial score (nSPS) is 11.9. The average Bonchev–Trinajstić information content (AvgIpc) is 2.46. The van der Waals surface area contributed by atoms with Crippen LogP contribution in [0.2, 0.25) is 0 Å². The Labute approximate surface area is 126 Å². The Kier molecular flexibility index (Phi) is 4.75. The summed E-state index contributed by atoms with van der Waals surface area (Å²) in [6.45, 7) is 2.49. The average molecular weight is 302 g/mol. The van der Waals surface area contributed by atoms with Gasteiger partial charge in [-0.2, -0.15) is 0 Å². The standard InChI is InChI=1S/C16H18N2O2S/c1-11-14(16(17)19)4-3-5-15(11)18-10-12-6-8-13(9-7-12)21(2)20/h3-9,18H,10H2,1-2H3,(H2,17,19)/t21-/m1/s1. The fraction of sp³-hybridized carbons (Fsp3) is 0.188. The van der Waals surface area contributed by atoms with Crippen molar-refractivity contribution in [2.24, 2.45) is 5.73 Å². The maximum Gasteiger partial charge on any atom is 0.249 e. The summed E-state index contributed by atoms with van der Waals surface area (Å²) in [6.07, 6.45) is 1.66. The van der Waals surface area contributed by atoms with Crippen LogP contribution in [0.5, 0.6) is 0 Å². The molecule has 0 aliphatic rings. The van der Waals surface area contributed by atoms with Crippen molar-refractivity contribution in [3.63, 3.8) is 0 Å². The van der Waals surface area contributed by atoms with Crippen LogP contribution in [-0.4, -0.2) is 16.4 Å². The molecule has 0 fully saturated rings. The number of carbonyl (C=O) groups excluding carboxylic acids is 1. The number of primary amides is 1. The highest BCUT2D eigenvalue weighted by Gasteiger charge is 2.08. The van der Waals surface area contributed by atoms with Gasteiger partial charge >= 0.3 is 0 Å². The maximum absolute atomic E-state index is 11.3. The molecule has 1 amide bonds. The van der Waals surface area contributed by atoms with E-state index < -0.39 is 16.7 Å². The van der Waals surface area contributed by atoms with E-state index >= 15 is 0 Å². The van der Waals surface area contributed by atoms with Crippen LogP contribution < -0.4 is 11.1 Å². The third kappa shape index (κ3) is 3.70. The molecule has 2 aromatic carbocycles. The molecular formula is C16H18N2O2S. The maximum atomic E-state index is 11.3. The fourth-order valence-electron chi connectivity index (χ4n) is 2.09. The first kappa shape index (κ1) is 15.3. The Morgan fingerprint density at radius 1 is 1.19 bits per heavy atom. The molecule has 0 spiro atoms. The van der Waals surface area contributed by atoms with Gasteiger partial charge in [-0.15, -0.1) is 0 Å². The minimum absolute atomic E-state index is 0.425. The smallest absolute Gasteiger partial charge is 0.249 e. The van der Waals surface area contributed by atoms with Gasteiger partial charge in [0.05, 0.1) is 0 Å². The van der Waals surface area contributed by atoms with Gasteiger partial charge in [0.15, 0.2) is 0 Å². The lowest BCUT2D eigenvalue weighted by atomic mass is 10.1. The zero-order valence-electron chi connectivity index (χ0n) is 12.1. The molecule has 0 aliphatic heterocycles. The van der Waals surface area contributed by atoms with Gasteiger partial charge in [0.2, 0.25) is 5.91 Å². The van der Waals surface area contributed by atoms with Crippen molar-refractivity contribution in [1.29, 1.82) is 0 Å². The number of benzene rings is 2. The highest BCUT2D eigenvalue weighted by Crippen LogP contribution is 2.19. The van der Waals surface area contributed by atoms with Gasteiger partial charge in [-0.3, -0.25) is 9.00 Å². The second-order valence-electron chi connectivity index (χ2n) is 4.79. The molecule has 2 aromatic rings. The number of anilines is 1. The largest absolute Gasteiger partial charge is 0.381 e. The van der Waals surface area contributed by atoms with Crippen LogP contribution in [0, 0.1) is 6.92 Å². The summed E-state index contributed by atoms with van der Waals surface area (Å²) in [5.41, 5.74) is 8.67. The predicted molar refractivity (Wildman–Crippen MR) is 85.8 cm³/mol. The monoisotopic (exact) mass is 302 g/mol. The van der Waals surface area contributed by atoms with Gasteiger partial charge in [-0.25, -0.2) is 0 Å². The zero-order valence-corrected chi connectivity index (χ0v) is 12.9. The molecule has 0 bridgehead atoms. The third-order valence-corrected chi connectivity index (χ3v) is 4.27. The Morgan fingerprint density at radius 3 is 2.43 bits per heavy atom. The van der Waals surface area contributed by atoms with Crippen LogP contribution >= 0.6 is 0 Å². The Morgan fingerprint density at radius 2 is 1.86 bits per heavy atom. The van der Waals surface area contributed by atoms with Crippen LogP contribution in [0.15, 0.2) is 47.4 Å². The van der Waals surface area contributed by atoms with Gasteiger partial charge in [-0.05, 0) is 42.3 Å². The van der Waals surface area contributed by atoms with Crippen molar-refractivity contribution in [3.05, 3.63) is 59.2 Å². The minimum Gasteiger partial charge on any atom is -0.381 e. The molecule has 5 heteroatoms. The lowest BCUT2D eigenvalue weighted by molar-refractivity contribution is 0.1000. The zero-order chi connectivity index (χ0) is 15.4. The van der Waals surface area contributed by atoms with Crippen LogP contribution in [0.3, 0.4) is 0 Å². The summed E-state index contributed by atoms with van der Waals surface area (Å²) in [4.78, 5) is 12.1. The molecule has 0 aromatic heterocycles. The molecule has 21 heavy (non-hydrogen) atoms. The van der Waals surface area contributed by atoms with E-state index in [1.807, 2.05) is 37.3 Å². The Hall–Kier alpha value is -2.14. The molecule has 3 N–H and O–H groups in total. The molecule has 0 saturated heterocycles. The van der Waals surface area contributed by atoms with Crippen molar-refractivity contribution < 1.29 is 9.00 Å². The van der Waals surface area contributed by atoms with Crippen LogP contribution in [0.4, 0.5) is 5.69 Å². The van der Waals surface area contributed by atoms with Crippen molar-refractivity contribution in [1.82, 2.24) is 0 Å². The van der Waals surface area contributed by atoms with Crippen molar-refractivity contribution in [2.45, 2.75) is 18.4 Å². The third-order valence-electron chi connectivity index (χ3n) is 3.34. The SMILES string of the molecule is Cc1c(NCc2ccc([S@@](C)=O)cc2)cccc1C(N)=O. The van der Waals surface area contributed by atoms with Crippen molar-refractivity contribution >= 4 is 22.4 Å². The molecule has 1 atom stereocenters. The number of carbonyl (C=O) groups is 1. The van der Waals surface area contributed by atoms with Crippen molar-refractivity contribution in [2.75, 3.05) is 11.6 Å². The van der Waals surface area contributed by atoms with E-state index in [2.05, 4.69) is 5.32 Å². The lowest BCUT2D eigenvalue weighted by Gasteiger charge is -2.12. The van der Waals surface area contributed by atoms with E-state index in [4.69, 9.17) is 5.73 Å². The van der Waals surface area contributed by atoms with E-state index in [9.17, 15) is 9.00 Å². The first-order chi connectivity index (χ1) is 9.99. The first-order valence-electron chi connectivity index (χ1n) is 6.54. The number of rotatable bonds is 5. The highest BCUT2D eigenvalue weighted by atomic mass is 32.2. The van der Waals surface area contributed by atoms with Gasteiger partial charge in [0.1, 0.15) is 0 Å². The summed E-state index contributed by atoms with van der Waals surface area (Å²) < 4.78 is 11.3. The Bertz CT molecular complexity index is 681. The van der Waals surface area contributed by atoms with Gasteiger partial charge in [0, 0.05) is 39.7 Å². The van der Waals surface area contributed by atoms with Crippen molar-refractivity contribution in [3.8, 4) is 0 Å². The molecule has 0 heterocycles. The molecule has 0 unspecified atom stereocenters. The molecule has 0 radical (unpaired) electrons. The van der Waals surface area contributed by atoms with Gasteiger partial charge < -0.3 is 11.1 Å². The first-order valence-corrected chi connectivity index (χ1v) is 8.10. The Balaban J connectivity index is 2.11. The summed E-state index contributed by atoms with van der Waals surface area (Å²) >= 11 is 0. The molecule has 0 saturated carbocycles. The second kappa shape index (κ2) is 6.54. The van der Waals surface area contributed by atoms with E-state index in [0.717, 1.165) is 21.7 Å². The summed E-state index contributed by atoms with van der Waals surface area (Å²) in [5, 5.41) is 3.29. The quantitative estimate of drug-likeness (QED) is 0.891. The number of hydrogen-bond acceptors (Lipinski definition) is 3. The minimum atomic E-state index is -0.961. The van der Waals surface area contributed by atoms with Gasteiger partial charge in [-0.1, -0.05) is 18.2 Å². The van der Waals surface area contributed by atoms with E-state index in [1.54, 1.807) is 18.4 Å². The molecule has 0 aliphatic carbocycles. The second-order valence-corrected chi connectivity index (χ2v) is 6.17. The number of amides is 1. The number of nitrogens with two attached hydrogens (primary N) is 1. The highest BCUT2D eigenvalue weighted by molar-refractivity contribution is 7.84. The van der Waals surface area contributed by atoms with E-state index in [1.165, 1.54) is 0 Å². The summed E-state index contributed by atoms with van der Waals surface area (Å²) in [7, 11) is -0.961. The summed E-state index contributed by atoms with van der Waals surface area (Å²) in [5.74, 6) is -0.425. The van der Waals surface area contributed by atoms with Crippen LogP contribution in [0.1, 0.15) is 21.5 Å². The lowest BCUT2D eigenvalue weighted by Crippen LogP contribution is -2.13. The molecule has 110 valence electrons. The molecule has 2 rings (SSSR count). The number of nitrogens with one attached hydrogen (secondary N) is 1. The predicted octanol–water partition coefficient (Wildman–Crippen LogP) is 2.44. The molecular weight excluding hydrogens is 284 g/mol. The summed E-state index contributed by atoms with van der Waals surface area (Å²) in [6, 6.07) is 13.0.